The van der Waals surface area contributed by atoms with Crippen LogP contribution in [0, 0.1) is 11.7 Å². The highest BCUT2D eigenvalue weighted by molar-refractivity contribution is 6.00. The third kappa shape index (κ3) is 4.90. The van der Waals surface area contributed by atoms with E-state index in [0.29, 0.717) is 72.5 Å². The van der Waals surface area contributed by atoms with Crippen molar-refractivity contribution in [2.45, 2.75) is 101 Å². The molecular weight excluding hydrogens is 768 g/mol. The van der Waals surface area contributed by atoms with E-state index in [1.54, 1.807) is 40.8 Å². The number of aromatic amines is 1. The van der Waals surface area contributed by atoms with Crippen molar-refractivity contribution in [1.82, 2.24) is 48.3 Å². The van der Waals surface area contributed by atoms with E-state index in [1.807, 2.05) is 22.6 Å². The standard InChI is InChI=1S/C44H45FN10O5/c1-24-35-30(48-55(43-19-25(20-43)21-43)37(35)53-15-14-52(41(53)58)33-8-7-32-29(36(33)45)23-46-50(32)4)9-13-51(24)38(56)34-18-28-17-26(27-10-16-59-42(2,3)22-27)5-6-31(28)54(34)44(11-12-44)39-47-40(57)60-49-39/h5-8,14-15,17-18,23-25,27H,9-13,16,19-22H2,1-4H3,(H,47,49,57)/t24-,25?,27+,43?/m0/s1. The molecule has 5 fully saturated rings. The number of imidazole rings is 1. The normalized spacial score (nSPS) is 25.0. The lowest BCUT2D eigenvalue weighted by atomic mass is 9.50. The van der Waals surface area contributed by atoms with Gasteiger partial charge in [-0.25, -0.2) is 18.7 Å². The van der Waals surface area contributed by atoms with Crippen molar-refractivity contribution in [3.8, 4) is 11.5 Å². The molecule has 7 aromatic rings. The van der Waals surface area contributed by atoms with E-state index in [2.05, 4.69) is 51.9 Å². The van der Waals surface area contributed by atoms with E-state index in [4.69, 9.17) is 14.4 Å². The summed E-state index contributed by atoms with van der Waals surface area (Å²) in [6.45, 7) is 7.37. The molecule has 4 aliphatic carbocycles. The maximum Gasteiger partial charge on any atom is 0.438 e. The molecule has 60 heavy (non-hydrogen) atoms. The lowest BCUT2D eigenvalue weighted by Gasteiger charge is -2.61. The number of aryl methyl sites for hydroxylation is 1. The molecule has 0 radical (unpaired) electrons. The molecular formula is C44H45FN10O5. The number of rotatable bonds is 7. The average molecular weight is 813 g/mol. The number of benzene rings is 2. The van der Waals surface area contributed by atoms with Crippen LogP contribution in [0.2, 0.25) is 0 Å². The minimum atomic E-state index is -0.754. The number of fused-ring (bicyclic) bond motifs is 3. The van der Waals surface area contributed by atoms with Crippen LogP contribution < -0.4 is 11.4 Å². The van der Waals surface area contributed by atoms with E-state index < -0.39 is 28.8 Å². The topological polar surface area (TPSA) is 156 Å². The van der Waals surface area contributed by atoms with Gasteiger partial charge in [-0.2, -0.15) is 10.2 Å². The first-order valence-electron chi connectivity index (χ1n) is 21.1. The molecule has 0 unspecified atom stereocenters. The molecule has 2 atom stereocenters. The second-order valence-corrected chi connectivity index (χ2v) is 18.6. The summed E-state index contributed by atoms with van der Waals surface area (Å²) >= 11 is 0. The Bertz CT molecular complexity index is 3060. The Morgan fingerprint density at radius 3 is 2.50 bits per heavy atom. The Hall–Kier alpha value is -6.03. The van der Waals surface area contributed by atoms with Crippen LogP contribution in [-0.2, 0) is 29.3 Å². The van der Waals surface area contributed by atoms with Gasteiger partial charge < -0.3 is 14.2 Å². The van der Waals surface area contributed by atoms with Crippen LogP contribution in [-0.4, -0.2) is 73.0 Å². The SMILES string of the molecule is C[C@H]1c2c(nn(C34CC(C3)C4)c2-n2ccn(-c3ccc4c(cnn4C)c3F)c2=O)CCN1C(=O)c1cc2cc([C@@H]3CCOC(C)(C)C3)ccc2n1C1(c2noc(=O)[nH]2)CC1. The van der Waals surface area contributed by atoms with Crippen molar-refractivity contribution in [1.29, 1.82) is 0 Å². The zero-order valence-corrected chi connectivity index (χ0v) is 33.9. The molecule has 7 heterocycles. The quantitative estimate of drug-likeness (QED) is 0.207. The minimum absolute atomic E-state index is 0.133. The molecule has 4 saturated carbocycles. The van der Waals surface area contributed by atoms with E-state index in [9.17, 15) is 9.59 Å². The molecule has 2 bridgehead atoms. The second-order valence-electron chi connectivity index (χ2n) is 18.6. The molecule has 16 heteroatoms. The summed E-state index contributed by atoms with van der Waals surface area (Å²) in [6, 6.07) is 11.3. The first kappa shape index (κ1) is 35.9. The number of halogens is 1. The van der Waals surface area contributed by atoms with Crippen LogP contribution in [0.5, 0.6) is 0 Å². The fraction of sp³-hybridized carbons (Fsp3) is 0.455. The van der Waals surface area contributed by atoms with Crippen molar-refractivity contribution < 1.29 is 18.4 Å². The van der Waals surface area contributed by atoms with Gasteiger partial charge in [0, 0.05) is 55.5 Å². The second kappa shape index (κ2) is 12.0. The van der Waals surface area contributed by atoms with Crippen molar-refractivity contribution in [2.24, 2.45) is 13.0 Å². The van der Waals surface area contributed by atoms with Gasteiger partial charge in [0.2, 0.25) is 0 Å². The van der Waals surface area contributed by atoms with Crippen molar-refractivity contribution >= 4 is 27.7 Å². The van der Waals surface area contributed by atoms with Crippen LogP contribution >= 0.6 is 0 Å². The van der Waals surface area contributed by atoms with E-state index in [0.717, 1.165) is 54.3 Å². The molecule has 6 aliphatic rings. The summed E-state index contributed by atoms with van der Waals surface area (Å²) < 4.78 is 35.7. The lowest BCUT2D eigenvalue weighted by molar-refractivity contribution is -0.0979. The van der Waals surface area contributed by atoms with E-state index >= 15 is 9.18 Å². The zero-order valence-electron chi connectivity index (χ0n) is 33.9. The highest BCUT2D eigenvalue weighted by Gasteiger charge is 2.60. The fourth-order valence-corrected chi connectivity index (χ4v) is 11.2. The molecule has 1 amide bonds. The molecule has 5 aromatic heterocycles. The highest BCUT2D eigenvalue weighted by atomic mass is 19.1. The van der Waals surface area contributed by atoms with Crippen molar-refractivity contribution in [3.63, 3.8) is 0 Å². The van der Waals surface area contributed by atoms with Gasteiger partial charge in [-0.3, -0.25) is 28.1 Å². The summed E-state index contributed by atoms with van der Waals surface area (Å²) in [6.07, 6.45) is 11.4. The summed E-state index contributed by atoms with van der Waals surface area (Å²) in [5.41, 5.74) is 3.41. The first-order valence-corrected chi connectivity index (χ1v) is 21.1. The Kier molecular flexibility index (Phi) is 7.20. The number of H-pyrrole nitrogens is 1. The molecule has 1 N–H and O–H groups in total. The Morgan fingerprint density at radius 1 is 1.00 bits per heavy atom. The first-order chi connectivity index (χ1) is 28.8. The number of hydrogen-bond donors (Lipinski definition) is 1. The molecule has 13 rings (SSSR count). The van der Waals surface area contributed by atoms with Crippen LogP contribution in [0.1, 0.15) is 111 Å². The van der Waals surface area contributed by atoms with Crippen molar-refractivity contribution in [3.05, 3.63) is 110 Å². The monoisotopic (exact) mass is 812 g/mol. The zero-order chi connectivity index (χ0) is 41.0. The highest BCUT2D eigenvalue weighted by Crippen LogP contribution is 2.63. The summed E-state index contributed by atoms with van der Waals surface area (Å²) in [5.74, 6) is 0.647. The summed E-state index contributed by atoms with van der Waals surface area (Å²) in [5, 5.41) is 14.8. The molecule has 0 spiro atoms. The predicted molar refractivity (Wildman–Crippen MR) is 217 cm³/mol. The van der Waals surface area contributed by atoms with E-state index in [1.165, 1.54) is 16.3 Å². The Morgan fingerprint density at radius 2 is 1.78 bits per heavy atom. The molecule has 15 nitrogen and oxygen atoms in total. The van der Waals surface area contributed by atoms with Gasteiger partial charge in [0.1, 0.15) is 17.1 Å². The number of nitrogens with one attached hydrogen (secondary N) is 1. The summed E-state index contributed by atoms with van der Waals surface area (Å²) in [4.78, 5) is 46.8. The maximum atomic E-state index is 16.0. The van der Waals surface area contributed by atoms with Gasteiger partial charge in [-0.05, 0) is 113 Å². The number of ether oxygens (including phenoxy) is 1. The lowest BCUT2D eigenvalue weighted by Crippen LogP contribution is -2.60. The number of nitrogens with zero attached hydrogens (tertiary/aromatic N) is 9. The Labute approximate surface area is 342 Å². The minimum Gasteiger partial charge on any atom is -0.376 e. The van der Waals surface area contributed by atoms with Gasteiger partial charge in [-0.15, -0.1) is 0 Å². The van der Waals surface area contributed by atoms with Gasteiger partial charge >= 0.3 is 11.4 Å². The van der Waals surface area contributed by atoms with Gasteiger partial charge in [0.25, 0.3) is 5.91 Å². The van der Waals surface area contributed by atoms with Crippen molar-refractivity contribution in [2.75, 3.05) is 13.2 Å². The molecule has 2 aromatic carbocycles. The molecule has 1 saturated heterocycles. The van der Waals surface area contributed by atoms with Crippen LogP contribution in [0.25, 0.3) is 33.3 Å². The fourth-order valence-electron chi connectivity index (χ4n) is 11.2. The average Bonchev–Trinajstić information content (AvgIpc) is 3.63. The van der Waals surface area contributed by atoms with Gasteiger partial charge in [0.15, 0.2) is 11.6 Å². The third-order valence-electron chi connectivity index (χ3n) is 14.5. The number of amides is 1. The number of aromatic nitrogens is 9. The Balaban J connectivity index is 0.970. The third-order valence-corrected chi connectivity index (χ3v) is 14.5. The number of carbonyl (C=O) groups is 1. The number of hydrogen-bond acceptors (Lipinski definition) is 8. The smallest absolute Gasteiger partial charge is 0.376 e. The molecule has 308 valence electrons. The van der Waals surface area contributed by atoms with Crippen LogP contribution in [0.3, 0.4) is 0 Å². The maximum absolute atomic E-state index is 16.0. The van der Waals surface area contributed by atoms with Crippen LogP contribution in [0.4, 0.5) is 4.39 Å². The van der Waals surface area contributed by atoms with E-state index in [-0.39, 0.29) is 22.7 Å². The van der Waals surface area contributed by atoms with Gasteiger partial charge in [-0.1, -0.05) is 11.2 Å². The molecule has 2 aliphatic heterocycles. The van der Waals surface area contributed by atoms with Crippen LogP contribution in [0.15, 0.2) is 69.1 Å². The largest absolute Gasteiger partial charge is 0.438 e. The van der Waals surface area contributed by atoms with Gasteiger partial charge in [0.05, 0.1) is 45.7 Å². The summed E-state index contributed by atoms with van der Waals surface area (Å²) in [7, 11) is 1.75. The predicted octanol–water partition coefficient (Wildman–Crippen LogP) is 5.96. The number of carbonyl (C=O) groups excluding carboxylic acids is 1.